The molecule has 0 aliphatic rings. The minimum absolute atomic E-state index is 0.182. The number of carbonyl (C=O) groups is 2. The summed E-state index contributed by atoms with van der Waals surface area (Å²) in [5.41, 5.74) is 1.67. The van der Waals surface area contributed by atoms with Gasteiger partial charge in [-0.2, -0.15) is 0 Å². The predicted octanol–water partition coefficient (Wildman–Crippen LogP) is 4.03. The van der Waals surface area contributed by atoms with Gasteiger partial charge in [-0.15, -0.1) is 0 Å². The van der Waals surface area contributed by atoms with Crippen LogP contribution in [0.2, 0.25) is 0 Å². The van der Waals surface area contributed by atoms with Crippen molar-refractivity contribution in [1.29, 1.82) is 0 Å². The minimum atomic E-state index is -0.443. The number of imidazole rings is 1. The van der Waals surface area contributed by atoms with Crippen LogP contribution in [0, 0.1) is 0 Å². The van der Waals surface area contributed by atoms with Crippen molar-refractivity contribution in [2.24, 2.45) is 0 Å². The van der Waals surface area contributed by atoms with E-state index in [1.165, 1.54) is 18.4 Å². The van der Waals surface area contributed by atoms with E-state index in [4.69, 9.17) is 9.47 Å². The number of ether oxygens (including phenoxy) is 2. The van der Waals surface area contributed by atoms with Gasteiger partial charge in [-0.3, -0.25) is 9.69 Å². The van der Waals surface area contributed by atoms with Gasteiger partial charge in [0.05, 0.1) is 36.3 Å². The molecule has 4 rings (SSSR count). The topological polar surface area (TPSA) is 86.6 Å². The molecule has 9 heteroatoms. The van der Waals surface area contributed by atoms with Crippen LogP contribution < -0.4 is 9.64 Å². The zero-order valence-electron chi connectivity index (χ0n) is 17.7. The average molecular weight is 451 g/mol. The molecule has 2 aromatic heterocycles. The van der Waals surface area contributed by atoms with Crippen molar-refractivity contribution in [3.05, 3.63) is 72.3 Å². The monoisotopic (exact) mass is 450 g/mol. The summed E-state index contributed by atoms with van der Waals surface area (Å²) in [7, 11) is 2.94. The molecule has 0 N–H and O–H groups in total. The maximum absolute atomic E-state index is 13.4. The van der Waals surface area contributed by atoms with E-state index in [1.807, 2.05) is 29.0 Å². The lowest BCUT2D eigenvalue weighted by Gasteiger charge is -2.20. The van der Waals surface area contributed by atoms with Crippen LogP contribution in [0.15, 0.2) is 61.2 Å². The summed E-state index contributed by atoms with van der Waals surface area (Å²) < 4.78 is 12.9. The lowest BCUT2D eigenvalue weighted by molar-refractivity contribution is 0.0600. The summed E-state index contributed by atoms with van der Waals surface area (Å²) in [6.07, 6.45) is 6.09. The smallest absolute Gasteiger partial charge is 0.337 e. The Labute approximate surface area is 189 Å². The van der Waals surface area contributed by atoms with Gasteiger partial charge in [0.25, 0.3) is 5.91 Å². The van der Waals surface area contributed by atoms with Crippen molar-refractivity contribution in [2.75, 3.05) is 25.7 Å². The molecule has 2 aromatic carbocycles. The number of fused-ring (bicyclic) bond motifs is 1. The Kier molecular flexibility index (Phi) is 6.46. The number of methoxy groups -OCH3 is 2. The number of benzene rings is 2. The fraction of sp³-hybridized carbons (Fsp3) is 0.217. The van der Waals surface area contributed by atoms with Crippen LogP contribution in [0.5, 0.6) is 5.75 Å². The highest BCUT2D eigenvalue weighted by molar-refractivity contribution is 7.22. The number of anilines is 1. The van der Waals surface area contributed by atoms with Gasteiger partial charge in [-0.1, -0.05) is 11.3 Å². The number of thiazole rings is 1. The van der Waals surface area contributed by atoms with E-state index in [0.717, 1.165) is 28.9 Å². The molecule has 0 saturated heterocycles. The second kappa shape index (κ2) is 9.61. The molecule has 0 aliphatic carbocycles. The highest BCUT2D eigenvalue weighted by atomic mass is 32.1. The third kappa shape index (κ3) is 4.62. The summed E-state index contributed by atoms with van der Waals surface area (Å²) in [5, 5.41) is 0.612. The Morgan fingerprint density at radius 1 is 1.09 bits per heavy atom. The number of hydrogen-bond donors (Lipinski definition) is 0. The van der Waals surface area contributed by atoms with Crippen LogP contribution in [0.4, 0.5) is 5.13 Å². The molecular weight excluding hydrogens is 428 g/mol. The number of amides is 1. The Morgan fingerprint density at radius 2 is 1.88 bits per heavy atom. The van der Waals surface area contributed by atoms with E-state index >= 15 is 0 Å². The first-order chi connectivity index (χ1) is 15.6. The van der Waals surface area contributed by atoms with Gasteiger partial charge in [0.2, 0.25) is 0 Å². The molecule has 8 nitrogen and oxygen atoms in total. The van der Waals surface area contributed by atoms with Crippen LogP contribution in [0.3, 0.4) is 0 Å². The number of esters is 1. The number of hydrogen-bond acceptors (Lipinski definition) is 7. The fourth-order valence-corrected chi connectivity index (χ4v) is 4.29. The van der Waals surface area contributed by atoms with Gasteiger partial charge in [0.15, 0.2) is 5.13 Å². The standard InChI is InChI=1S/C23H22N4O4S/c1-30-18-8-9-19-20(14-18)32-23(25-19)27(12-3-11-26-13-10-24-15-26)21(28)16-4-6-17(7-5-16)22(29)31-2/h4-10,13-15H,3,11-12H2,1-2H3. The van der Waals surface area contributed by atoms with Crippen LogP contribution >= 0.6 is 11.3 Å². The Hall–Kier alpha value is -3.72. The Balaban J connectivity index is 1.62. The average Bonchev–Trinajstić information content (AvgIpc) is 3.50. The zero-order chi connectivity index (χ0) is 22.5. The lowest BCUT2D eigenvalue weighted by atomic mass is 10.1. The summed E-state index contributed by atoms with van der Waals surface area (Å²) >= 11 is 1.44. The SMILES string of the molecule is COC(=O)c1ccc(C(=O)N(CCCn2ccnc2)c2nc3ccc(OC)cc3s2)cc1. The van der Waals surface area contributed by atoms with Gasteiger partial charge in [-0.05, 0) is 48.9 Å². The van der Waals surface area contributed by atoms with E-state index in [-0.39, 0.29) is 5.91 Å². The number of aryl methyl sites for hydroxylation is 1. The van der Waals surface area contributed by atoms with Gasteiger partial charge in [-0.25, -0.2) is 14.8 Å². The quantitative estimate of drug-likeness (QED) is 0.377. The third-order valence-corrected chi connectivity index (χ3v) is 6.01. The predicted molar refractivity (Wildman–Crippen MR) is 122 cm³/mol. The highest BCUT2D eigenvalue weighted by Crippen LogP contribution is 2.32. The van der Waals surface area contributed by atoms with Crippen LogP contribution in [-0.2, 0) is 11.3 Å². The lowest BCUT2D eigenvalue weighted by Crippen LogP contribution is -2.32. The molecule has 0 atom stereocenters. The molecule has 0 unspecified atom stereocenters. The van der Waals surface area contributed by atoms with Gasteiger partial charge in [0.1, 0.15) is 5.75 Å². The van der Waals surface area contributed by atoms with Crippen molar-refractivity contribution in [2.45, 2.75) is 13.0 Å². The number of rotatable bonds is 8. The van der Waals surface area contributed by atoms with Crippen molar-refractivity contribution >= 4 is 38.6 Å². The summed E-state index contributed by atoms with van der Waals surface area (Å²) in [5.74, 6) is 0.114. The van der Waals surface area contributed by atoms with Gasteiger partial charge < -0.3 is 14.0 Å². The molecule has 2 heterocycles. The first kappa shape index (κ1) is 21.5. The molecule has 0 bridgehead atoms. The maximum atomic E-state index is 13.4. The summed E-state index contributed by atoms with van der Waals surface area (Å²) in [4.78, 5) is 35.6. The number of carbonyl (C=O) groups excluding carboxylic acids is 2. The van der Waals surface area contributed by atoms with Crippen molar-refractivity contribution in [3.63, 3.8) is 0 Å². The number of aromatic nitrogens is 3. The van der Waals surface area contributed by atoms with Crippen molar-refractivity contribution < 1.29 is 19.1 Å². The summed E-state index contributed by atoms with van der Waals surface area (Å²) in [6.45, 7) is 1.20. The van der Waals surface area contributed by atoms with E-state index in [2.05, 4.69) is 9.97 Å². The summed E-state index contributed by atoms with van der Waals surface area (Å²) in [6, 6.07) is 12.1. The Morgan fingerprint density at radius 3 is 2.56 bits per heavy atom. The largest absolute Gasteiger partial charge is 0.497 e. The third-order valence-electron chi connectivity index (χ3n) is 4.97. The second-order valence-electron chi connectivity index (χ2n) is 7.01. The minimum Gasteiger partial charge on any atom is -0.497 e. The van der Waals surface area contributed by atoms with Gasteiger partial charge >= 0.3 is 5.97 Å². The molecule has 0 radical (unpaired) electrons. The second-order valence-corrected chi connectivity index (χ2v) is 8.02. The first-order valence-corrected chi connectivity index (χ1v) is 10.8. The van der Waals surface area contributed by atoms with Crippen molar-refractivity contribution in [1.82, 2.24) is 14.5 Å². The first-order valence-electron chi connectivity index (χ1n) is 9.99. The Bertz CT molecular complexity index is 1220. The highest BCUT2D eigenvalue weighted by Gasteiger charge is 2.22. The van der Waals surface area contributed by atoms with Crippen molar-refractivity contribution in [3.8, 4) is 5.75 Å². The van der Waals surface area contributed by atoms with E-state index in [1.54, 1.807) is 48.8 Å². The molecule has 0 saturated carbocycles. The number of nitrogens with zero attached hydrogens (tertiary/aromatic N) is 4. The molecule has 0 spiro atoms. The van der Waals surface area contributed by atoms with E-state index < -0.39 is 5.97 Å². The normalized spacial score (nSPS) is 10.8. The van der Waals surface area contributed by atoms with Crippen LogP contribution in [0.1, 0.15) is 27.1 Å². The van der Waals surface area contributed by atoms with Crippen LogP contribution in [-0.4, -0.2) is 47.2 Å². The van der Waals surface area contributed by atoms with Gasteiger partial charge in [0, 0.05) is 31.0 Å². The van der Waals surface area contributed by atoms with E-state index in [0.29, 0.717) is 22.8 Å². The molecular formula is C23H22N4O4S. The van der Waals surface area contributed by atoms with Crippen LogP contribution in [0.25, 0.3) is 10.2 Å². The molecule has 0 fully saturated rings. The molecule has 164 valence electrons. The molecule has 4 aromatic rings. The molecule has 0 aliphatic heterocycles. The maximum Gasteiger partial charge on any atom is 0.337 e. The van der Waals surface area contributed by atoms with E-state index in [9.17, 15) is 9.59 Å². The zero-order valence-corrected chi connectivity index (χ0v) is 18.5. The molecule has 1 amide bonds. The molecule has 32 heavy (non-hydrogen) atoms. The fourth-order valence-electron chi connectivity index (χ4n) is 3.27.